The molecule has 1 saturated heterocycles. The third kappa shape index (κ3) is 3.93. The molecule has 7 heteroatoms. The average Bonchev–Trinajstić information content (AvgIpc) is 3.20. The average molecular weight is 276 g/mol. The summed E-state index contributed by atoms with van der Waals surface area (Å²) in [6.07, 6.45) is 3.01. The first-order valence-electron chi connectivity index (χ1n) is 6.43. The van der Waals surface area contributed by atoms with E-state index in [2.05, 4.69) is 10.0 Å². The molecule has 0 bridgehead atoms. The smallest absolute Gasteiger partial charge is 0.223 e. The minimum Gasteiger partial charge on any atom is -0.381 e. The molecular weight excluding hydrogens is 256 g/mol. The molecule has 0 spiro atoms. The van der Waals surface area contributed by atoms with Gasteiger partial charge in [-0.2, -0.15) is 0 Å². The van der Waals surface area contributed by atoms with Crippen molar-refractivity contribution in [2.45, 2.75) is 30.9 Å². The Bertz CT molecular complexity index is 386. The van der Waals surface area contributed by atoms with Crippen molar-refractivity contribution in [3.05, 3.63) is 0 Å². The molecule has 1 saturated carbocycles. The highest BCUT2D eigenvalue weighted by molar-refractivity contribution is 7.90. The molecular formula is C11H20N2O4S. The van der Waals surface area contributed by atoms with Crippen LogP contribution in [0.1, 0.15) is 25.7 Å². The molecule has 1 amide bonds. The Labute approximate surface area is 108 Å². The molecule has 1 aliphatic carbocycles. The lowest BCUT2D eigenvalue weighted by atomic mass is 10.2. The van der Waals surface area contributed by atoms with Gasteiger partial charge in [0, 0.05) is 32.2 Å². The Balaban J connectivity index is 1.66. The molecule has 2 fully saturated rings. The molecule has 2 aliphatic rings. The van der Waals surface area contributed by atoms with Crippen LogP contribution in [-0.2, 0) is 19.6 Å². The normalized spacial score (nSPS) is 21.8. The van der Waals surface area contributed by atoms with Gasteiger partial charge in [0.05, 0.1) is 5.25 Å². The monoisotopic (exact) mass is 276 g/mol. The maximum atomic E-state index is 11.9. The zero-order valence-corrected chi connectivity index (χ0v) is 11.2. The van der Waals surface area contributed by atoms with Gasteiger partial charge in [0.1, 0.15) is 0 Å². The van der Waals surface area contributed by atoms with Crippen molar-refractivity contribution in [3.8, 4) is 0 Å². The second kappa shape index (κ2) is 5.99. The van der Waals surface area contributed by atoms with E-state index in [0.29, 0.717) is 32.6 Å². The summed E-state index contributed by atoms with van der Waals surface area (Å²) < 4.78 is 31.5. The summed E-state index contributed by atoms with van der Waals surface area (Å²) in [5.74, 6) is 0.206. The minimum absolute atomic E-state index is 0.0419. The summed E-state index contributed by atoms with van der Waals surface area (Å²) >= 11 is 0. The van der Waals surface area contributed by atoms with Gasteiger partial charge < -0.3 is 10.1 Å². The van der Waals surface area contributed by atoms with Crippen LogP contribution in [-0.4, -0.2) is 45.9 Å². The molecule has 0 aromatic carbocycles. The third-order valence-electron chi connectivity index (χ3n) is 3.28. The quantitative estimate of drug-likeness (QED) is 0.647. The zero-order chi connectivity index (χ0) is 13.0. The van der Waals surface area contributed by atoms with Crippen LogP contribution in [0.3, 0.4) is 0 Å². The van der Waals surface area contributed by atoms with Gasteiger partial charge in [0.2, 0.25) is 15.9 Å². The highest BCUT2D eigenvalue weighted by Gasteiger charge is 2.29. The van der Waals surface area contributed by atoms with Crippen molar-refractivity contribution in [2.75, 3.05) is 26.3 Å². The zero-order valence-electron chi connectivity index (χ0n) is 10.4. The number of carbonyl (C=O) groups excluding carboxylic acids is 1. The summed E-state index contributed by atoms with van der Waals surface area (Å²) in [4.78, 5) is 11.3. The van der Waals surface area contributed by atoms with Gasteiger partial charge in [0.25, 0.3) is 0 Å². The Morgan fingerprint density at radius 1 is 1.11 bits per heavy atom. The standard InChI is InChI=1S/C11H20N2O4S/c14-11(9-1-2-9)12-5-6-13-18(15,16)10-3-7-17-8-4-10/h9-10,13H,1-8H2,(H,12,14). The molecule has 18 heavy (non-hydrogen) atoms. The molecule has 0 aromatic rings. The first-order valence-corrected chi connectivity index (χ1v) is 7.98. The lowest BCUT2D eigenvalue weighted by Gasteiger charge is -2.22. The van der Waals surface area contributed by atoms with E-state index in [4.69, 9.17) is 4.74 Å². The summed E-state index contributed by atoms with van der Waals surface area (Å²) in [5.41, 5.74) is 0. The van der Waals surface area contributed by atoms with Gasteiger partial charge >= 0.3 is 0 Å². The predicted octanol–water partition coefficient (Wildman–Crippen LogP) is -0.389. The predicted molar refractivity (Wildman–Crippen MR) is 66.5 cm³/mol. The van der Waals surface area contributed by atoms with Crippen LogP contribution in [0.25, 0.3) is 0 Å². The minimum atomic E-state index is -3.27. The van der Waals surface area contributed by atoms with Crippen molar-refractivity contribution < 1.29 is 17.9 Å². The van der Waals surface area contributed by atoms with Crippen LogP contribution < -0.4 is 10.0 Å². The molecule has 2 rings (SSSR count). The van der Waals surface area contributed by atoms with E-state index in [1.807, 2.05) is 0 Å². The van der Waals surface area contributed by atoms with Crippen LogP contribution in [0.5, 0.6) is 0 Å². The lowest BCUT2D eigenvalue weighted by molar-refractivity contribution is -0.122. The van der Waals surface area contributed by atoms with Gasteiger partial charge in [-0.25, -0.2) is 13.1 Å². The van der Waals surface area contributed by atoms with Crippen molar-refractivity contribution in [1.29, 1.82) is 0 Å². The van der Waals surface area contributed by atoms with E-state index < -0.39 is 10.0 Å². The Morgan fingerprint density at radius 3 is 2.39 bits per heavy atom. The molecule has 6 nitrogen and oxygen atoms in total. The largest absolute Gasteiger partial charge is 0.381 e. The maximum absolute atomic E-state index is 11.9. The van der Waals surface area contributed by atoms with Gasteiger partial charge in [0.15, 0.2) is 0 Å². The maximum Gasteiger partial charge on any atom is 0.223 e. The second-order valence-corrected chi connectivity index (χ2v) is 6.86. The van der Waals surface area contributed by atoms with Crippen LogP contribution in [0.4, 0.5) is 0 Å². The number of rotatable bonds is 6. The number of sulfonamides is 1. The van der Waals surface area contributed by atoms with Gasteiger partial charge in [-0.3, -0.25) is 4.79 Å². The molecule has 1 aliphatic heterocycles. The number of carbonyl (C=O) groups is 1. The molecule has 0 atom stereocenters. The molecule has 0 radical (unpaired) electrons. The van der Waals surface area contributed by atoms with E-state index in [-0.39, 0.29) is 23.6 Å². The highest BCUT2D eigenvalue weighted by atomic mass is 32.2. The van der Waals surface area contributed by atoms with Crippen molar-refractivity contribution in [3.63, 3.8) is 0 Å². The number of amides is 1. The Morgan fingerprint density at radius 2 is 1.78 bits per heavy atom. The van der Waals surface area contributed by atoms with E-state index >= 15 is 0 Å². The van der Waals surface area contributed by atoms with E-state index in [0.717, 1.165) is 12.8 Å². The number of hydrogen-bond acceptors (Lipinski definition) is 4. The Hall–Kier alpha value is -0.660. The van der Waals surface area contributed by atoms with Gasteiger partial charge in [-0.1, -0.05) is 0 Å². The fourth-order valence-corrected chi connectivity index (χ4v) is 3.41. The molecule has 0 unspecified atom stereocenters. The Kier molecular flexibility index (Phi) is 4.58. The number of ether oxygens (including phenoxy) is 1. The molecule has 2 N–H and O–H groups in total. The van der Waals surface area contributed by atoms with Crippen LogP contribution in [0, 0.1) is 5.92 Å². The van der Waals surface area contributed by atoms with Crippen molar-refractivity contribution in [2.24, 2.45) is 5.92 Å². The van der Waals surface area contributed by atoms with Crippen LogP contribution >= 0.6 is 0 Å². The summed E-state index contributed by atoms with van der Waals surface area (Å²) in [6, 6.07) is 0. The van der Waals surface area contributed by atoms with E-state index in [1.54, 1.807) is 0 Å². The number of nitrogens with one attached hydrogen (secondary N) is 2. The van der Waals surface area contributed by atoms with E-state index in [1.165, 1.54) is 0 Å². The van der Waals surface area contributed by atoms with Gasteiger partial charge in [-0.05, 0) is 25.7 Å². The van der Waals surface area contributed by atoms with Crippen LogP contribution in [0.2, 0.25) is 0 Å². The van der Waals surface area contributed by atoms with Crippen LogP contribution in [0.15, 0.2) is 0 Å². The topological polar surface area (TPSA) is 84.5 Å². The number of hydrogen-bond donors (Lipinski definition) is 2. The highest BCUT2D eigenvalue weighted by Crippen LogP contribution is 2.28. The fourth-order valence-electron chi connectivity index (χ4n) is 1.97. The summed E-state index contributed by atoms with van der Waals surface area (Å²) in [5, 5.41) is 2.37. The summed E-state index contributed by atoms with van der Waals surface area (Å²) in [7, 11) is -3.27. The van der Waals surface area contributed by atoms with Gasteiger partial charge in [-0.15, -0.1) is 0 Å². The molecule has 104 valence electrons. The molecule has 1 heterocycles. The SMILES string of the molecule is O=C(NCCNS(=O)(=O)C1CCOCC1)C1CC1. The second-order valence-electron chi connectivity index (χ2n) is 4.82. The fraction of sp³-hybridized carbons (Fsp3) is 0.909. The molecule has 0 aromatic heterocycles. The first-order chi connectivity index (χ1) is 8.59. The van der Waals surface area contributed by atoms with Crippen molar-refractivity contribution in [1.82, 2.24) is 10.0 Å². The van der Waals surface area contributed by atoms with Crippen molar-refractivity contribution >= 4 is 15.9 Å². The third-order valence-corrected chi connectivity index (χ3v) is 5.24. The first kappa shape index (κ1) is 13.8. The van der Waals surface area contributed by atoms with E-state index in [9.17, 15) is 13.2 Å². The lowest BCUT2D eigenvalue weighted by Crippen LogP contribution is -2.41. The summed E-state index contributed by atoms with van der Waals surface area (Å²) in [6.45, 7) is 1.63.